The van der Waals surface area contributed by atoms with Gasteiger partial charge in [-0.05, 0) is 35.5 Å². The molecule has 6 nitrogen and oxygen atoms in total. The molecule has 0 radical (unpaired) electrons. The summed E-state index contributed by atoms with van der Waals surface area (Å²) in [7, 11) is 1.85. The van der Waals surface area contributed by atoms with E-state index in [1.807, 2.05) is 32.2 Å². The first-order valence-corrected chi connectivity index (χ1v) is 8.65. The fourth-order valence-electron chi connectivity index (χ4n) is 2.00. The molecule has 0 fully saturated rings. The predicted octanol–water partition coefficient (Wildman–Crippen LogP) is 1.51. The zero-order chi connectivity index (χ0) is 15.8. The fraction of sp³-hybridized carbons (Fsp3) is 0.500. The van der Waals surface area contributed by atoms with Crippen LogP contribution in [0.2, 0.25) is 5.02 Å². The van der Waals surface area contributed by atoms with Crippen molar-refractivity contribution in [2.75, 3.05) is 18.9 Å². The molecule has 120 valence electrons. The second-order valence-electron chi connectivity index (χ2n) is 4.75. The first-order chi connectivity index (χ1) is 10.7. The van der Waals surface area contributed by atoms with Gasteiger partial charge in [-0.15, -0.1) is 5.10 Å². The summed E-state index contributed by atoms with van der Waals surface area (Å²) in [6, 6.07) is 5.77. The maximum absolute atomic E-state index is 6.06. The lowest BCUT2D eigenvalue weighted by Gasteiger charge is -2.09. The number of hydrogen-bond donors (Lipinski definition) is 1. The molecule has 2 rings (SSSR count). The summed E-state index contributed by atoms with van der Waals surface area (Å²) in [6.45, 7) is 4.56. The number of nitrogens with two attached hydrogens (primary N) is 1. The largest absolute Gasteiger partial charge is 0.493 e. The minimum atomic E-state index is 0.664. The van der Waals surface area contributed by atoms with Gasteiger partial charge in [0.15, 0.2) is 0 Å². The number of rotatable bonds is 9. The zero-order valence-electron chi connectivity index (χ0n) is 12.8. The third-order valence-corrected chi connectivity index (χ3v) is 4.38. The van der Waals surface area contributed by atoms with Crippen LogP contribution in [0.4, 0.5) is 0 Å². The number of aryl methyl sites for hydroxylation is 1. The van der Waals surface area contributed by atoms with E-state index >= 15 is 0 Å². The molecule has 1 aromatic carbocycles. The first kappa shape index (κ1) is 17.1. The van der Waals surface area contributed by atoms with E-state index < -0.39 is 0 Å². The van der Waals surface area contributed by atoms with Crippen LogP contribution in [0.25, 0.3) is 0 Å². The molecule has 0 aliphatic rings. The summed E-state index contributed by atoms with van der Waals surface area (Å²) in [4.78, 5) is 0. The van der Waals surface area contributed by atoms with Crippen molar-refractivity contribution < 1.29 is 10.1 Å². The number of hydrogen-bond acceptors (Lipinski definition) is 5. The molecule has 2 N–H and O–H groups in total. The molecule has 0 aliphatic heterocycles. The van der Waals surface area contributed by atoms with Gasteiger partial charge >= 0.3 is 0 Å². The highest BCUT2D eigenvalue weighted by atomic mass is 35.5. The quantitative estimate of drug-likeness (QED) is 0.552. The summed E-state index contributed by atoms with van der Waals surface area (Å²) in [5.41, 5.74) is 1.14. The van der Waals surface area contributed by atoms with E-state index in [-0.39, 0.29) is 0 Å². The van der Waals surface area contributed by atoms with Crippen LogP contribution < -0.4 is 10.1 Å². The highest BCUT2D eigenvalue weighted by Crippen LogP contribution is 2.22. The van der Waals surface area contributed by atoms with E-state index in [9.17, 15) is 0 Å². The number of tetrazole rings is 1. The van der Waals surface area contributed by atoms with Gasteiger partial charge in [0, 0.05) is 29.8 Å². The molecule has 0 saturated heterocycles. The van der Waals surface area contributed by atoms with E-state index in [0.717, 1.165) is 46.8 Å². The molecule has 1 heterocycles. The average Bonchev–Trinajstić information content (AvgIpc) is 2.91. The van der Waals surface area contributed by atoms with Crippen molar-refractivity contribution >= 4 is 23.4 Å². The van der Waals surface area contributed by atoms with Crippen LogP contribution in [0.1, 0.15) is 18.9 Å². The van der Waals surface area contributed by atoms with Gasteiger partial charge in [-0.25, -0.2) is 4.68 Å². The molecule has 0 atom stereocenters. The molecular weight excluding hydrogens is 322 g/mol. The van der Waals surface area contributed by atoms with Crippen LogP contribution in [0, 0.1) is 0 Å². The Hall–Kier alpha value is -1.31. The standard InChI is InChI=1S/C14H20ClN5OS/c1-3-21-13-6-5-12(15)9-11(13)10-16-7-4-8-22-14-17-18-19-20(14)2/h5-6,9,16H,3-4,7-8,10H2,1-2H3/p+1. The van der Waals surface area contributed by atoms with Crippen molar-refractivity contribution in [2.45, 2.75) is 25.0 Å². The third-order valence-electron chi connectivity index (χ3n) is 3.05. The predicted molar refractivity (Wildman–Crippen MR) is 87.3 cm³/mol. The Labute approximate surface area is 139 Å². The van der Waals surface area contributed by atoms with Gasteiger partial charge in [0.05, 0.1) is 13.2 Å². The number of aromatic nitrogens is 4. The number of nitrogens with zero attached hydrogens (tertiary/aromatic N) is 4. The van der Waals surface area contributed by atoms with Crippen LogP contribution in [-0.4, -0.2) is 39.1 Å². The number of ether oxygens (including phenoxy) is 1. The van der Waals surface area contributed by atoms with E-state index in [4.69, 9.17) is 16.3 Å². The smallest absolute Gasteiger partial charge is 0.209 e. The number of quaternary nitrogens is 1. The maximum Gasteiger partial charge on any atom is 0.209 e. The Balaban J connectivity index is 1.70. The van der Waals surface area contributed by atoms with Gasteiger partial charge < -0.3 is 10.1 Å². The second-order valence-corrected chi connectivity index (χ2v) is 6.25. The molecule has 0 saturated carbocycles. The van der Waals surface area contributed by atoms with Crippen molar-refractivity contribution in [1.82, 2.24) is 20.2 Å². The Morgan fingerprint density at radius 1 is 1.41 bits per heavy atom. The monoisotopic (exact) mass is 342 g/mol. The molecule has 2 aromatic rings. The Morgan fingerprint density at radius 2 is 2.27 bits per heavy atom. The van der Waals surface area contributed by atoms with Crippen LogP contribution in [0.3, 0.4) is 0 Å². The van der Waals surface area contributed by atoms with Gasteiger partial charge in [-0.3, -0.25) is 0 Å². The van der Waals surface area contributed by atoms with E-state index in [1.165, 1.54) is 0 Å². The lowest BCUT2D eigenvalue weighted by molar-refractivity contribution is -0.670. The zero-order valence-corrected chi connectivity index (χ0v) is 14.4. The Kier molecular flexibility index (Phi) is 6.95. The van der Waals surface area contributed by atoms with Crippen molar-refractivity contribution in [3.8, 4) is 5.75 Å². The molecule has 0 spiro atoms. The Bertz CT molecular complexity index is 592. The van der Waals surface area contributed by atoms with Gasteiger partial charge in [0.25, 0.3) is 0 Å². The summed E-state index contributed by atoms with van der Waals surface area (Å²) in [5, 5.41) is 15.2. The molecule has 22 heavy (non-hydrogen) atoms. The summed E-state index contributed by atoms with van der Waals surface area (Å²) in [5.74, 6) is 1.92. The lowest BCUT2D eigenvalue weighted by Crippen LogP contribution is -2.82. The van der Waals surface area contributed by atoms with E-state index in [0.29, 0.717) is 6.61 Å². The maximum atomic E-state index is 6.06. The van der Waals surface area contributed by atoms with Gasteiger partial charge in [0.1, 0.15) is 12.3 Å². The topological polar surface area (TPSA) is 69.4 Å². The average molecular weight is 343 g/mol. The molecular formula is C14H21ClN5OS+. The SMILES string of the molecule is CCOc1ccc(Cl)cc1C[NH2+]CCCSc1nnnn1C. The Morgan fingerprint density at radius 3 is 3.00 bits per heavy atom. The van der Waals surface area contributed by atoms with Gasteiger partial charge in [-0.1, -0.05) is 23.4 Å². The molecule has 8 heteroatoms. The van der Waals surface area contributed by atoms with E-state index in [2.05, 4.69) is 20.8 Å². The van der Waals surface area contributed by atoms with Crippen molar-refractivity contribution in [1.29, 1.82) is 0 Å². The molecule has 0 bridgehead atoms. The van der Waals surface area contributed by atoms with Gasteiger partial charge in [-0.2, -0.15) is 0 Å². The highest BCUT2D eigenvalue weighted by Gasteiger charge is 2.07. The van der Waals surface area contributed by atoms with Crippen LogP contribution >= 0.6 is 23.4 Å². The number of thioether (sulfide) groups is 1. The van der Waals surface area contributed by atoms with Crippen LogP contribution in [0.5, 0.6) is 5.75 Å². The van der Waals surface area contributed by atoms with Gasteiger partial charge in [0.2, 0.25) is 5.16 Å². The second kappa shape index (κ2) is 8.97. The molecule has 0 unspecified atom stereocenters. The van der Waals surface area contributed by atoms with Crippen molar-refractivity contribution in [2.24, 2.45) is 7.05 Å². The first-order valence-electron chi connectivity index (χ1n) is 7.28. The van der Waals surface area contributed by atoms with Crippen LogP contribution in [-0.2, 0) is 13.6 Å². The van der Waals surface area contributed by atoms with E-state index in [1.54, 1.807) is 16.4 Å². The minimum Gasteiger partial charge on any atom is -0.493 e. The fourth-order valence-corrected chi connectivity index (χ4v) is 3.00. The van der Waals surface area contributed by atoms with Crippen molar-refractivity contribution in [3.05, 3.63) is 28.8 Å². The highest BCUT2D eigenvalue weighted by molar-refractivity contribution is 7.99. The molecule has 1 aromatic heterocycles. The third kappa shape index (κ3) is 5.15. The van der Waals surface area contributed by atoms with Crippen molar-refractivity contribution in [3.63, 3.8) is 0 Å². The molecule has 0 amide bonds. The summed E-state index contributed by atoms with van der Waals surface area (Å²) >= 11 is 7.73. The molecule has 0 aliphatic carbocycles. The summed E-state index contributed by atoms with van der Waals surface area (Å²) in [6.07, 6.45) is 1.09. The van der Waals surface area contributed by atoms with Crippen LogP contribution in [0.15, 0.2) is 23.4 Å². The minimum absolute atomic E-state index is 0.664. The number of benzene rings is 1. The lowest BCUT2D eigenvalue weighted by atomic mass is 10.2. The number of halogens is 1. The normalized spacial score (nSPS) is 10.9. The summed E-state index contributed by atoms with van der Waals surface area (Å²) < 4.78 is 7.31.